The van der Waals surface area contributed by atoms with Crippen molar-refractivity contribution in [3.05, 3.63) is 45.1 Å². The number of aromatic nitrogens is 2. The number of ether oxygens (including phenoxy) is 2. The number of aryl methyl sites for hydroxylation is 1. The van der Waals surface area contributed by atoms with Gasteiger partial charge in [-0.1, -0.05) is 41.8 Å². The highest BCUT2D eigenvalue weighted by molar-refractivity contribution is 9.10. The second-order valence-electron chi connectivity index (χ2n) is 12.6. The van der Waals surface area contributed by atoms with Crippen LogP contribution in [-0.2, 0) is 29.8 Å². The van der Waals surface area contributed by atoms with Crippen molar-refractivity contribution in [2.24, 2.45) is 5.92 Å². The third kappa shape index (κ3) is 4.46. The summed E-state index contributed by atoms with van der Waals surface area (Å²) in [7, 11) is 0. The van der Waals surface area contributed by atoms with Gasteiger partial charge >= 0.3 is 6.01 Å². The van der Waals surface area contributed by atoms with Crippen LogP contribution in [0.4, 0.5) is 5.82 Å². The molecular formula is C31H41BrN4O2. The molecule has 3 fully saturated rings. The zero-order chi connectivity index (χ0) is 25.7. The van der Waals surface area contributed by atoms with E-state index in [4.69, 9.17) is 19.4 Å². The molecule has 3 saturated heterocycles. The first-order valence-corrected chi connectivity index (χ1v) is 15.8. The van der Waals surface area contributed by atoms with Crippen LogP contribution in [0.1, 0.15) is 87.1 Å². The predicted molar refractivity (Wildman–Crippen MR) is 153 cm³/mol. The molecule has 0 bridgehead atoms. The average Bonchev–Trinajstić information content (AvgIpc) is 3.29. The Morgan fingerprint density at radius 1 is 1.05 bits per heavy atom. The van der Waals surface area contributed by atoms with E-state index in [-0.39, 0.29) is 11.1 Å². The number of benzene rings is 1. The topological polar surface area (TPSA) is 50.7 Å². The molecule has 2 aromatic rings. The molecular weight excluding hydrogens is 540 g/mol. The molecule has 5 heterocycles. The molecule has 0 radical (unpaired) electrons. The predicted octanol–water partition coefficient (Wildman–Crippen LogP) is 6.18. The summed E-state index contributed by atoms with van der Waals surface area (Å²) in [6.07, 6.45) is 12.9. The molecule has 204 valence electrons. The molecule has 1 spiro atoms. The zero-order valence-corrected chi connectivity index (χ0v) is 24.4. The van der Waals surface area contributed by atoms with E-state index >= 15 is 0 Å². The molecule has 7 heteroatoms. The van der Waals surface area contributed by atoms with Crippen molar-refractivity contribution in [1.29, 1.82) is 0 Å². The second kappa shape index (κ2) is 10.0. The summed E-state index contributed by atoms with van der Waals surface area (Å²) in [6, 6.07) is 7.29. The maximum absolute atomic E-state index is 6.85. The molecule has 38 heavy (non-hydrogen) atoms. The smallest absolute Gasteiger partial charge is 0.318 e. The molecule has 4 aliphatic heterocycles. The van der Waals surface area contributed by atoms with Crippen molar-refractivity contribution in [3.8, 4) is 6.01 Å². The van der Waals surface area contributed by atoms with E-state index in [0.717, 1.165) is 60.7 Å². The summed E-state index contributed by atoms with van der Waals surface area (Å²) in [6.45, 7) is 8.16. The number of hydrogen-bond donors (Lipinski definition) is 0. The first-order chi connectivity index (χ1) is 18.5. The summed E-state index contributed by atoms with van der Waals surface area (Å²) < 4.78 is 14.6. The van der Waals surface area contributed by atoms with E-state index < -0.39 is 0 Å². The number of halogens is 1. The van der Waals surface area contributed by atoms with Crippen molar-refractivity contribution in [1.82, 2.24) is 14.9 Å². The lowest BCUT2D eigenvalue weighted by Crippen LogP contribution is -2.44. The van der Waals surface area contributed by atoms with Crippen LogP contribution in [0, 0.1) is 5.92 Å². The Morgan fingerprint density at radius 2 is 1.92 bits per heavy atom. The molecule has 0 amide bonds. The third-order valence-electron chi connectivity index (χ3n) is 9.96. The number of anilines is 1. The molecule has 1 aromatic carbocycles. The Balaban J connectivity index is 1.24. The maximum Gasteiger partial charge on any atom is 0.318 e. The van der Waals surface area contributed by atoms with E-state index in [1.165, 1.54) is 74.7 Å². The van der Waals surface area contributed by atoms with Gasteiger partial charge in [0, 0.05) is 36.1 Å². The molecule has 6 nitrogen and oxygen atoms in total. The van der Waals surface area contributed by atoms with Crippen LogP contribution >= 0.6 is 15.9 Å². The fourth-order valence-corrected chi connectivity index (χ4v) is 8.54. The van der Waals surface area contributed by atoms with Crippen molar-refractivity contribution in [2.45, 2.75) is 95.3 Å². The Bertz CT molecular complexity index is 1200. The Hall–Kier alpha value is -1.70. The summed E-state index contributed by atoms with van der Waals surface area (Å²) >= 11 is 3.72. The van der Waals surface area contributed by atoms with Gasteiger partial charge in [0.1, 0.15) is 12.4 Å². The quantitative estimate of drug-likeness (QED) is 0.430. The molecule has 5 aliphatic rings. The fourth-order valence-electron chi connectivity index (χ4n) is 8.17. The van der Waals surface area contributed by atoms with E-state index in [1.54, 1.807) is 0 Å². The first-order valence-electron chi connectivity index (χ1n) is 15.0. The van der Waals surface area contributed by atoms with Gasteiger partial charge in [-0.2, -0.15) is 9.97 Å². The normalized spacial score (nSPS) is 31.1. The van der Waals surface area contributed by atoms with Gasteiger partial charge in [-0.3, -0.25) is 4.90 Å². The molecule has 0 N–H and O–H groups in total. The lowest BCUT2D eigenvalue weighted by molar-refractivity contribution is -0.0856. The van der Waals surface area contributed by atoms with Gasteiger partial charge in [0.25, 0.3) is 0 Å². The van der Waals surface area contributed by atoms with Gasteiger partial charge < -0.3 is 14.4 Å². The number of hydrogen-bond acceptors (Lipinski definition) is 6. The first kappa shape index (κ1) is 25.3. The highest BCUT2D eigenvalue weighted by atomic mass is 79.9. The van der Waals surface area contributed by atoms with Gasteiger partial charge in [0.05, 0.1) is 23.4 Å². The standard InChI is InChI=1S/C31H41BrN4O2/c1-22-17-30(11-7-15-36(30)19-22)21-37-29-33-27-18-31(12-6-8-23-9-10-24(32)16-26(23)31)38-20-25(27)28(34-29)35-13-4-2-3-5-14-35/h9-10,16,22H,2-8,11-15,17-21H2,1H3/t22-,30+,31?/m1/s1. The molecule has 1 aromatic heterocycles. The number of rotatable bonds is 4. The average molecular weight is 582 g/mol. The highest BCUT2D eigenvalue weighted by Crippen LogP contribution is 2.47. The molecule has 1 unspecified atom stereocenters. The zero-order valence-electron chi connectivity index (χ0n) is 22.8. The second-order valence-corrected chi connectivity index (χ2v) is 13.6. The Morgan fingerprint density at radius 3 is 2.79 bits per heavy atom. The van der Waals surface area contributed by atoms with Crippen LogP contribution in [-0.4, -0.2) is 53.2 Å². The summed E-state index contributed by atoms with van der Waals surface area (Å²) in [5, 5.41) is 0. The van der Waals surface area contributed by atoms with Gasteiger partial charge in [-0.25, -0.2) is 0 Å². The minimum Gasteiger partial charge on any atom is -0.461 e. The van der Waals surface area contributed by atoms with Crippen LogP contribution in [0.25, 0.3) is 0 Å². The molecule has 3 atom stereocenters. The number of fused-ring (bicyclic) bond motifs is 4. The highest BCUT2D eigenvalue weighted by Gasteiger charge is 2.48. The van der Waals surface area contributed by atoms with Gasteiger partial charge in [-0.15, -0.1) is 0 Å². The monoisotopic (exact) mass is 580 g/mol. The Labute approximate surface area is 235 Å². The summed E-state index contributed by atoms with van der Waals surface area (Å²) in [5.74, 6) is 1.80. The van der Waals surface area contributed by atoms with E-state index in [2.05, 4.69) is 50.9 Å². The summed E-state index contributed by atoms with van der Waals surface area (Å²) in [5.41, 5.74) is 4.92. The number of nitrogens with zero attached hydrogens (tertiary/aromatic N) is 4. The molecule has 1 aliphatic carbocycles. The lowest BCUT2D eigenvalue weighted by Gasteiger charge is -2.43. The SMILES string of the molecule is C[C@H]1CN2CCC[C@@]2(COc2nc3c(c(N4CCCCCC4)n2)COC2(CCCc4ccc(Br)cc42)C3)C1. The van der Waals surface area contributed by atoms with Crippen LogP contribution in [0.15, 0.2) is 22.7 Å². The van der Waals surface area contributed by atoms with Gasteiger partial charge in [-0.05, 0) is 87.1 Å². The molecule has 0 saturated carbocycles. The van der Waals surface area contributed by atoms with Crippen LogP contribution in [0.3, 0.4) is 0 Å². The van der Waals surface area contributed by atoms with Crippen LogP contribution in [0.5, 0.6) is 6.01 Å². The van der Waals surface area contributed by atoms with Crippen molar-refractivity contribution in [2.75, 3.05) is 37.7 Å². The molecule has 7 rings (SSSR count). The lowest BCUT2D eigenvalue weighted by atomic mass is 9.75. The van der Waals surface area contributed by atoms with Gasteiger partial charge in [0.15, 0.2) is 0 Å². The summed E-state index contributed by atoms with van der Waals surface area (Å²) in [4.78, 5) is 15.4. The Kier molecular flexibility index (Phi) is 6.68. The minimum absolute atomic E-state index is 0.167. The van der Waals surface area contributed by atoms with Crippen LogP contribution in [0.2, 0.25) is 0 Å². The van der Waals surface area contributed by atoms with E-state index in [9.17, 15) is 0 Å². The fraction of sp³-hybridized carbons (Fsp3) is 0.677. The van der Waals surface area contributed by atoms with Crippen molar-refractivity contribution < 1.29 is 9.47 Å². The van der Waals surface area contributed by atoms with Crippen LogP contribution < -0.4 is 9.64 Å². The minimum atomic E-state index is -0.312. The van der Waals surface area contributed by atoms with E-state index in [1.807, 2.05) is 0 Å². The van der Waals surface area contributed by atoms with Gasteiger partial charge in [0.2, 0.25) is 0 Å². The largest absolute Gasteiger partial charge is 0.461 e. The maximum atomic E-state index is 6.85. The third-order valence-corrected chi connectivity index (χ3v) is 10.5. The van der Waals surface area contributed by atoms with Crippen molar-refractivity contribution >= 4 is 21.7 Å². The van der Waals surface area contributed by atoms with E-state index in [0.29, 0.717) is 19.2 Å². The van der Waals surface area contributed by atoms with Crippen molar-refractivity contribution in [3.63, 3.8) is 0 Å².